The zero-order chi connectivity index (χ0) is 15.2. The lowest BCUT2D eigenvalue weighted by atomic mass is 10.3. The number of rotatable bonds is 5. The monoisotopic (exact) mass is 316 g/mol. The predicted molar refractivity (Wildman–Crippen MR) is 89.1 cm³/mol. The molecule has 0 spiro atoms. The van der Waals surface area contributed by atoms with Crippen LogP contribution in [0.5, 0.6) is 0 Å². The number of anilines is 1. The summed E-state index contributed by atoms with van der Waals surface area (Å²) in [5.74, 6) is 0.735. The Bertz CT molecular complexity index is 590. The first-order valence-corrected chi connectivity index (χ1v) is 8.51. The van der Waals surface area contributed by atoms with Crippen LogP contribution < -0.4 is 10.6 Å². The van der Waals surface area contributed by atoms with E-state index in [4.69, 9.17) is 4.42 Å². The minimum Gasteiger partial charge on any atom is -0.467 e. The van der Waals surface area contributed by atoms with Gasteiger partial charge in [-0.1, -0.05) is 12.8 Å². The van der Waals surface area contributed by atoms with Crippen molar-refractivity contribution in [2.75, 3.05) is 5.32 Å². The molecule has 2 aromatic rings. The van der Waals surface area contributed by atoms with Gasteiger partial charge in [0.25, 0.3) is 0 Å². The molecule has 5 heteroatoms. The lowest BCUT2D eigenvalue weighted by Gasteiger charge is -2.10. The number of hydrogen-bond acceptors (Lipinski definition) is 3. The Morgan fingerprint density at radius 3 is 2.64 bits per heavy atom. The first-order valence-electron chi connectivity index (χ1n) is 7.63. The largest absolute Gasteiger partial charge is 0.467 e. The maximum Gasteiger partial charge on any atom is 0.319 e. The molecule has 0 radical (unpaired) electrons. The van der Waals surface area contributed by atoms with Crippen LogP contribution in [-0.2, 0) is 6.54 Å². The molecule has 1 fully saturated rings. The average molecular weight is 316 g/mol. The third-order valence-corrected chi connectivity index (χ3v) is 5.07. The molecule has 0 bridgehead atoms. The number of carbonyl (C=O) groups is 1. The highest BCUT2D eigenvalue weighted by Gasteiger charge is 2.15. The number of thioether (sulfide) groups is 1. The van der Waals surface area contributed by atoms with Crippen molar-refractivity contribution >= 4 is 23.5 Å². The van der Waals surface area contributed by atoms with Crippen molar-refractivity contribution < 1.29 is 9.21 Å². The van der Waals surface area contributed by atoms with Crippen LogP contribution in [0.15, 0.2) is 52.0 Å². The van der Waals surface area contributed by atoms with E-state index in [1.807, 2.05) is 30.0 Å². The summed E-state index contributed by atoms with van der Waals surface area (Å²) < 4.78 is 5.17. The van der Waals surface area contributed by atoms with Gasteiger partial charge >= 0.3 is 6.03 Å². The predicted octanol–water partition coefficient (Wildman–Crippen LogP) is 4.64. The number of amides is 2. The number of hydrogen-bond donors (Lipinski definition) is 2. The van der Waals surface area contributed by atoms with Crippen molar-refractivity contribution in [3.05, 3.63) is 48.4 Å². The zero-order valence-electron chi connectivity index (χ0n) is 12.4. The topological polar surface area (TPSA) is 54.3 Å². The standard InChI is InChI=1S/C17H20N2O2S/c20-17(18-12-14-4-3-11-21-14)19-13-7-9-16(10-8-13)22-15-5-1-2-6-15/h3-4,7-11,15H,1-2,5-6,12H2,(H2,18,19,20). The lowest BCUT2D eigenvalue weighted by Crippen LogP contribution is -2.27. The van der Waals surface area contributed by atoms with Gasteiger partial charge in [-0.15, -0.1) is 11.8 Å². The van der Waals surface area contributed by atoms with Crippen LogP contribution in [0.1, 0.15) is 31.4 Å². The summed E-state index contributed by atoms with van der Waals surface area (Å²) in [6.07, 6.45) is 6.94. The molecule has 1 saturated carbocycles. The van der Waals surface area contributed by atoms with Crippen LogP contribution in [-0.4, -0.2) is 11.3 Å². The van der Waals surface area contributed by atoms with E-state index >= 15 is 0 Å². The Hall–Kier alpha value is -1.88. The van der Waals surface area contributed by atoms with E-state index in [2.05, 4.69) is 22.8 Å². The number of benzene rings is 1. The Kier molecular flexibility index (Phi) is 5.06. The summed E-state index contributed by atoms with van der Waals surface area (Å²) in [6, 6.07) is 11.4. The normalized spacial score (nSPS) is 14.9. The molecule has 116 valence electrons. The zero-order valence-corrected chi connectivity index (χ0v) is 13.2. The molecular formula is C17H20N2O2S. The fourth-order valence-corrected chi connectivity index (χ4v) is 3.82. The van der Waals surface area contributed by atoms with Gasteiger partial charge in [-0.2, -0.15) is 0 Å². The first kappa shape index (κ1) is 15.0. The van der Waals surface area contributed by atoms with Crippen molar-refractivity contribution in [1.82, 2.24) is 5.32 Å². The van der Waals surface area contributed by atoms with Crippen molar-refractivity contribution in [2.45, 2.75) is 42.4 Å². The third-order valence-electron chi connectivity index (χ3n) is 3.72. The Labute approximate surface area is 134 Å². The van der Waals surface area contributed by atoms with Gasteiger partial charge in [0, 0.05) is 15.8 Å². The van der Waals surface area contributed by atoms with Crippen molar-refractivity contribution in [2.24, 2.45) is 0 Å². The molecule has 1 aliphatic rings. The van der Waals surface area contributed by atoms with Crippen LogP contribution in [0.2, 0.25) is 0 Å². The highest BCUT2D eigenvalue weighted by atomic mass is 32.2. The second kappa shape index (κ2) is 7.40. The highest BCUT2D eigenvalue weighted by Crippen LogP contribution is 2.34. The van der Waals surface area contributed by atoms with Crippen molar-refractivity contribution in [3.63, 3.8) is 0 Å². The molecule has 2 amide bonds. The Morgan fingerprint density at radius 2 is 1.95 bits per heavy atom. The number of carbonyl (C=O) groups excluding carboxylic acids is 1. The summed E-state index contributed by atoms with van der Waals surface area (Å²) in [6.45, 7) is 0.383. The van der Waals surface area contributed by atoms with Gasteiger partial charge in [0.15, 0.2) is 0 Å². The molecule has 1 aromatic carbocycles. The van der Waals surface area contributed by atoms with Gasteiger partial charge in [-0.25, -0.2) is 4.79 Å². The molecule has 0 saturated heterocycles. The van der Waals surface area contributed by atoms with Crippen molar-refractivity contribution in [1.29, 1.82) is 0 Å². The fourth-order valence-electron chi connectivity index (χ4n) is 2.57. The van der Waals surface area contributed by atoms with E-state index in [-0.39, 0.29) is 6.03 Å². The number of urea groups is 1. The molecule has 1 aromatic heterocycles. The molecule has 3 rings (SSSR count). The summed E-state index contributed by atoms with van der Waals surface area (Å²) in [4.78, 5) is 13.1. The quantitative estimate of drug-likeness (QED) is 0.845. The summed E-state index contributed by atoms with van der Waals surface area (Å²) in [7, 11) is 0. The highest BCUT2D eigenvalue weighted by molar-refractivity contribution is 8.00. The summed E-state index contributed by atoms with van der Waals surface area (Å²) >= 11 is 1.95. The van der Waals surface area contributed by atoms with Crippen LogP contribution in [0, 0.1) is 0 Å². The molecular weight excluding hydrogens is 296 g/mol. The summed E-state index contributed by atoms with van der Waals surface area (Å²) in [5, 5.41) is 6.34. The molecule has 0 unspecified atom stereocenters. The van der Waals surface area contributed by atoms with Crippen molar-refractivity contribution in [3.8, 4) is 0 Å². The van der Waals surface area contributed by atoms with Gasteiger partial charge in [0.2, 0.25) is 0 Å². The minimum atomic E-state index is -0.229. The van der Waals surface area contributed by atoms with Crippen LogP contribution in [0.25, 0.3) is 0 Å². The van der Waals surface area contributed by atoms with Gasteiger partial charge in [-0.05, 0) is 49.2 Å². The Morgan fingerprint density at radius 1 is 1.18 bits per heavy atom. The van der Waals surface area contributed by atoms with E-state index in [9.17, 15) is 4.79 Å². The minimum absolute atomic E-state index is 0.229. The maximum atomic E-state index is 11.8. The van der Waals surface area contributed by atoms with E-state index in [1.54, 1.807) is 12.3 Å². The van der Waals surface area contributed by atoms with Gasteiger partial charge in [-0.3, -0.25) is 0 Å². The van der Waals surface area contributed by atoms with E-state index in [0.717, 1.165) is 16.7 Å². The molecule has 22 heavy (non-hydrogen) atoms. The van der Waals surface area contributed by atoms with E-state index < -0.39 is 0 Å². The fraction of sp³-hybridized carbons (Fsp3) is 0.353. The second-order valence-corrected chi connectivity index (χ2v) is 6.81. The van der Waals surface area contributed by atoms with Crippen LogP contribution in [0.3, 0.4) is 0 Å². The molecule has 1 aliphatic carbocycles. The van der Waals surface area contributed by atoms with Gasteiger partial charge in [0.05, 0.1) is 12.8 Å². The molecule has 1 heterocycles. The Balaban J connectivity index is 1.46. The average Bonchev–Trinajstić information content (AvgIpc) is 3.20. The van der Waals surface area contributed by atoms with Gasteiger partial charge in [0.1, 0.15) is 5.76 Å². The third kappa shape index (κ3) is 4.31. The molecule has 4 nitrogen and oxygen atoms in total. The maximum absolute atomic E-state index is 11.8. The second-order valence-electron chi connectivity index (χ2n) is 5.44. The number of furan rings is 1. The van der Waals surface area contributed by atoms with Crippen LogP contribution >= 0.6 is 11.8 Å². The van der Waals surface area contributed by atoms with Crippen LogP contribution in [0.4, 0.5) is 10.5 Å². The molecule has 2 N–H and O–H groups in total. The lowest BCUT2D eigenvalue weighted by molar-refractivity contribution is 0.251. The SMILES string of the molecule is O=C(NCc1ccco1)Nc1ccc(SC2CCCC2)cc1. The van der Waals surface area contributed by atoms with Gasteiger partial charge < -0.3 is 15.1 Å². The molecule has 0 atom stereocenters. The summed E-state index contributed by atoms with van der Waals surface area (Å²) in [5.41, 5.74) is 0.799. The van der Waals surface area contributed by atoms with E-state index in [1.165, 1.54) is 30.6 Å². The smallest absolute Gasteiger partial charge is 0.319 e. The van der Waals surface area contributed by atoms with E-state index in [0.29, 0.717) is 6.54 Å². The first-order chi connectivity index (χ1) is 10.8. The molecule has 0 aliphatic heterocycles. The number of nitrogens with one attached hydrogen (secondary N) is 2.